The van der Waals surface area contributed by atoms with Gasteiger partial charge in [0, 0.05) is 5.41 Å². The maximum atomic E-state index is 10.4. The van der Waals surface area contributed by atoms with Gasteiger partial charge in [-0.2, -0.15) is 9.79 Å². The van der Waals surface area contributed by atoms with Gasteiger partial charge in [0.25, 0.3) is 0 Å². The van der Waals surface area contributed by atoms with Crippen molar-refractivity contribution in [3.05, 3.63) is 59.7 Å². The van der Waals surface area contributed by atoms with Crippen LogP contribution in [0.5, 0.6) is 11.5 Å². The molecule has 0 fully saturated rings. The molecule has 0 heterocycles. The quantitative estimate of drug-likeness (QED) is 0.169. The Hall–Kier alpha value is -1.61. The molecule has 0 spiro atoms. The van der Waals surface area contributed by atoms with Crippen LogP contribution in [0.3, 0.4) is 0 Å². The number of hydrogen-bond acceptors (Lipinski definition) is 4. The summed E-state index contributed by atoms with van der Waals surface area (Å²) in [6, 6.07) is 14.8. The molecule has 0 saturated heterocycles. The molecule has 33 heavy (non-hydrogen) atoms. The van der Waals surface area contributed by atoms with Crippen molar-refractivity contribution in [3.63, 3.8) is 0 Å². The van der Waals surface area contributed by atoms with Crippen LogP contribution in [0.25, 0.3) is 0 Å². The fourth-order valence-electron chi connectivity index (χ4n) is 4.17. The molecule has 5 heteroatoms. The SMILES string of the molecule is CCCCCCCCCCCCC[P+](O)(O)Oc1ccc(C(C)(C)c2ccc(O)cc2)cc1. The highest BCUT2D eigenvalue weighted by Gasteiger charge is 2.36. The third-order valence-corrected chi connectivity index (χ3v) is 7.87. The van der Waals surface area contributed by atoms with E-state index in [0.29, 0.717) is 11.9 Å². The number of phenols is 1. The van der Waals surface area contributed by atoms with Gasteiger partial charge in [0.1, 0.15) is 11.9 Å². The zero-order valence-corrected chi connectivity index (χ0v) is 21.7. The molecule has 0 saturated carbocycles. The molecular formula is C28H44O4P+. The van der Waals surface area contributed by atoms with Gasteiger partial charge in [0.2, 0.25) is 0 Å². The predicted octanol–water partition coefficient (Wildman–Crippen LogP) is 8.16. The third kappa shape index (κ3) is 10.0. The Morgan fingerprint density at radius 3 is 1.58 bits per heavy atom. The summed E-state index contributed by atoms with van der Waals surface area (Å²) in [7, 11) is -3.39. The first-order chi connectivity index (χ1) is 15.7. The van der Waals surface area contributed by atoms with Crippen molar-refractivity contribution in [2.75, 3.05) is 6.16 Å². The lowest BCUT2D eigenvalue weighted by atomic mass is 9.78. The lowest BCUT2D eigenvalue weighted by Gasteiger charge is -2.26. The van der Waals surface area contributed by atoms with Gasteiger partial charge in [0.05, 0.1) is 0 Å². The molecule has 4 nitrogen and oxygen atoms in total. The van der Waals surface area contributed by atoms with E-state index in [1.807, 2.05) is 24.3 Å². The van der Waals surface area contributed by atoms with Crippen molar-refractivity contribution in [2.24, 2.45) is 0 Å². The maximum absolute atomic E-state index is 10.4. The number of phenolic OH excluding ortho intramolecular Hbond substituents is 1. The zero-order chi connectivity index (χ0) is 24.2. The van der Waals surface area contributed by atoms with Crippen LogP contribution >= 0.6 is 7.94 Å². The predicted molar refractivity (Wildman–Crippen MR) is 140 cm³/mol. The van der Waals surface area contributed by atoms with Crippen LogP contribution in [-0.4, -0.2) is 21.1 Å². The van der Waals surface area contributed by atoms with Crippen molar-refractivity contribution in [1.29, 1.82) is 0 Å². The largest absolute Gasteiger partial charge is 0.508 e. The van der Waals surface area contributed by atoms with Crippen LogP contribution in [0, 0.1) is 0 Å². The fourth-order valence-corrected chi connectivity index (χ4v) is 5.36. The molecule has 3 N–H and O–H groups in total. The highest BCUT2D eigenvalue weighted by molar-refractivity contribution is 7.60. The Balaban J connectivity index is 1.70. The summed E-state index contributed by atoms with van der Waals surface area (Å²) in [6.07, 6.45) is 13.8. The molecule has 0 aliphatic rings. The van der Waals surface area contributed by atoms with Crippen molar-refractivity contribution in [2.45, 2.75) is 96.8 Å². The third-order valence-electron chi connectivity index (χ3n) is 6.47. The van der Waals surface area contributed by atoms with Gasteiger partial charge in [-0.15, -0.1) is 0 Å². The van der Waals surface area contributed by atoms with E-state index in [1.165, 1.54) is 51.4 Å². The fraction of sp³-hybridized carbons (Fsp3) is 0.571. The summed E-state index contributed by atoms with van der Waals surface area (Å²) in [5.41, 5.74) is 1.94. The lowest BCUT2D eigenvalue weighted by Crippen LogP contribution is -2.18. The molecule has 0 radical (unpaired) electrons. The van der Waals surface area contributed by atoms with E-state index in [0.717, 1.165) is 30.4 Å². The van der Waals surface area contributed by atoms with Gasteiger partial charge in [-0.05, 0) is 48.2 Å². The average molecular weight is 476 g/mol. The summed E-state index contributed by atoms with van der Waals surface area (Å²) < 4.78 is 5.57. The molecule has 0 aromatic heterocycles. The van der Waals surface area contributed by atoms with E-state index in [-0.39, 0.29) is 11.2 Å². The van der Waals surface area contributed by atoms with Crippen LogP contribution in [-0.2, 0) is 5.41 Å². The second-order valence-corrected chi connectivity index (χ2v) is 11.7. The van der Waals surface area contributed by atoms with Crippen molar-refractivity contribution in [3.8, 4) is 11.5 Å². The molecule has 2 rings (SSSR count). The second kappa shape index (κ2) is 13.9. The van der Waals surface area contributed by atoms with Crippen LogP contribution < -0.4 is 4.52 Å². The van der Waals surface area contributed by atoms with E-state index in [9.17, 15) is 14.9 Å². The summed E-state index contributed by atoms with van der Waals surface area (Å²) in [5.74, 6) is 0.740. The summed E-state index contributed by atoms with van der Waals surface area (Å²) >= 11 is 0. The monoisotopic (exact) mass is 475 g/mol. The Morgan fingerprint density at radius 1 is 0.667 bits per heavy atom. The highest BCUT2D eigenvalue weighted by Crippen LogP contribution is 2.52. The number of hydrogen-bond donors (Lipinski definition) is 3. The van der Waals surface area contributed by atoms with E-state index < -0.39 is 7.94 Å². The molecule has 0 bridgehead atoms. The lowest BCUT2D eigenvalue weighted by molar-refractivity contribution is 0.336. The molecule has 184 valence electrons. The Bertz CT molecular complexity index is 785. The summed E-state index contributed by atoms with van der Waals surface area (Å²) in [6.45, 7) is 6.49. The zero-order valence-electron chi connectivity index (χ0n) is 20.8. The molecule has 2 aromatic carbocycles. The van der Waals surface area contributed by atoms with Crippen LogP contribution in [0.15, 0.2) is 48.5 Å². The van der Waals surface area contributed by atoms with Gasteiger partial charge in [-0.1, -0.05) is 103 Å². The number of rotatable bonds is 16. The normalized spacial score (nSPS) is 12.2. The number of aromatic hydroxyl groups is 1. The molecule has 0 unspecified atom stereocenters. The number of benzene rings is 2. The maximum Gasteiger partial charge on any atom is 0.451 e. The van der Waals surface area contributed by atoms with E-state index in [4.69, 9.17) is 4.52 Å². The van der Waals surface area contributed by atoms with Crippen molar-refractivity contribution in [1.82, 2.24) is 0 Å². The van der Waals surface area contributed by atoms with Gasteiger partial charge >= 0.3 is 7.94 Å². The molecule has 0 aliphatic heterocycles. The minimum absolute atomic E-state index is 0.244. The van der Waals surface area contributed by atoms with E-state index >= 15 is 0 Å². The summed E-state index contributed by atoms with van der Waals surface area (Å²) in [4.78, 5) is 20.7. The topological polar surface area (TPSA) is 69.9 Å². The Kier molecular flexibility index (Phi) is 11.7. The van der Waals surface area contributed by atoms with Gasteiger partial charge < -0.3 is 5.11 Å². The van der Waals surface area contributed by atoms with Crippen LogP contribution in [0.4, 0.5) is 0 Å². The smallest absolute Gasteiger partial charge is 0.451 e. The van der Waals surface area contributed by atoms with Gasteiger partial charge in [-0.25, -0.2) is 0 Å². The van der Waals surface area contributed by atoms with Gasteiger partial charge in [0.15, 0.2) is 5.75 Å². The first kappa shape index (κ1) is 27.6. The molecule has 2 aromatic rings. The van der Waals surface area contributed by atoms with Crippen LogP contribution in [0.1, 0.15) is 103 Å². The first-order valence-electron chi connectivity index (χ1n) is 12.7. The summed E-state index contributed by atoms with van der Waals surface area (Å²) in [5, 5.41) is 9.54. The molecule has 0 aliphatic carbocycles. The molecule has 0 atom stereocenters. The Labute approximate surface area is 201 Å². The van der Waals surface area contributed by atoms with E-state index in [1.54, 1.807) is 24.3 Å². The first-order valence-corrected chi connectivity index (χ1v) is 14.5. The minimum atomic E-state index is -3.39. The number of unbranched alkanes of at least 4 members (excludes halogenated alkanes) is 10. The van der Waals surface area contributed by atoms with Crippen molar-refractivity contribution < 1.29 is 19.4 Å². The van der Waals surface area contributed by atoms with Gasteiger partial charge in [-0.3, -0.25) is 4.52 Å². The molecular weight excluding hydrogens is 431 g/mol. The molecule has 0 amide bonds. The van der Waals surface area contributed by atoms with E-state index in [2.05, 4.69) is 20.8 Å². The Morgan fingerprint density at radius 2 is 1.09 bits per heavy atom. The average Bonchev–Trinajstić information content (AvgIpc) is 2.78. The minimum Gasteiger partial charge on any atom is -0.508 e. The van der Waals surface area contributed by atoms with Crippen molar-refractivity contribution >= 4 is 7.94 Å². The standard InChI is InChI=1S/C28H43O4P/c1-4-5-6-7-8-9-10-11-12-13-14-23-33(30,31)32-27-21-17-25(18-22-27)28(2,3)24-15-19-26(29)20-16-24/h15-22,30-31H,4-14,23H2,1-3H3/p+1. The second-order valence-electron chi connectivity index (χ2n) is 9.71. The highest BCUT2D eigenvalue weighted by atomic mass is 31.2. The van der Waals surface area contributed by atoms with Crippen LogP contribution in [0.2, 0.25) is 0 Å².